The van der Waals surface area contributed by atoms with Gasteiger partial charge in [-0.05, 0) is 50.2 Å². The molecule has 0 bridgehead atoms. The van der Waals surface area contributed by atoms with E-state index < -0.39 is 29.0 Å². The Hall–Kier alpha value is -2.99. The van der Waals surface area contributed by atoms with Gasteiger partial charge in [-0.15, -0.1) is 0 Å². The van der Waals surface area contributed by atoms with Crippen LogP contribution in [0.2, 0.25) is 0 Å². The first-order valence-electron chi connectivity index (χ1n) is 11.7. The molecule has 0 saturated heterocycles. The lowest BCUT2D eigenvalue weighted by Crippen LogP contribution is -2.38. The lowest BCUT2D eigenvalue weighted by atomic mass is 9.96. The van der Waals surface area contributed by atoms with E-state index in [2.05, 4.69) is 25.3 Å². The second-order valence-electron chi connectivity index (χ2n) is 9.16. The molecule has 1 aliphatic carbocycles. The fraction of sp³-hybridized carbons (Fsp3) is 0.565. The van der Waals surface area contributed by atoms with E-state index in [4.69, 9.17) is 10.5 Å². The van der Waals surface area contributed by atoms with Crippen molar-refractivity contribution in [1.29, 1.82) is 0 Å². The van der Waals surface area contributed by atoms with Gasteiger partial charge in [0.25, 0.3) is 5.56 Å². The highest BCUT2D eigenvalue weighted by Gasteiger charge is 2.37. The summed E-state index contributed by atoms with van der Waals surface area (Å²) in [5.41, 5.74) is 6.37. The van der Waals surface area contributed by atoms with E-state index in [1.807, 2.05) is 24.4 Å². The Kier molecular flexibility index (Phi) is 7.41. The molecule has 190 valence electrons. The summed E-state index contributed by atoms with van der Waals surface area (Å²) in [6.45, 7) is 5.40. The van der Waals surface area contributed by atoms with Gasteiger partial charge in [0.1, 0.15) is 5.56 Å². The highest BCUT2D eigenvalue weighted by Crippen LogP contribution is 2.39. The van der Waals surface area contributed by atoms with Gasteiger partial charge in [0.15, 0.2) is 0 Å². The van der Waals surface area contributed by atoms with E-state index in [0.29, 0.717) is 18.4 Å². The third-order valence-corrected chi connectivity index (χ3v) is 6.31. The van der Waals surface area contributed by atoms with Crippen molar-refractivity contribution in [2.24, 2.45) is 5.73 Å². The molecule has 2 aliphatic rings. The maximum absolute atomic E-state index is 13.3. The number of anilines is 2. The Morgan fingerprint density at radius 1 is 1.29 bits per heavy atom. The van der Waals surface area contributed by atoms with E-state index in [-0.39, 0.29) is 19.3 Å². The fourth-order valence-corrected chi connectivity index (χ4v) is 4.33. The van der Waals surface area contributed by atoms with Crippen molar-refractivity contribution in [1.82, 2.24) is 20.2 Å². The topological polar surface area (TPSA) is 122 Å². The minimum Gasteiger partial charge on any atom is -0.378 e. The lowest BCUT2D eigenvalue weighted by molar-refractivity contribution is -0.138. The van der Waals surface area contributed by atoms with Crippen LogP contribution >= 0.6 is 0 Å². The number of nitrogens with two attached hydrogens (primary N) is 1. The van der Waals surface area contributed by atoms with Crippen LogP contribution in [0.25, 0.3) is 0 Å². The van der Waals surface area contributed by atoms with Gasteiger partial charge in [0.05, 0.1) is 24.6 Å². The first-order valence-corrected chi connectivity index (χ1v) is 11.7. The maximum atomic E-state index is 13.3. The molecule has 35 heavy (non-hydrogen) atoms. The molecule has 0 aromatic carbocycles. The molecule has 0 spiro atoms. The molecule has 2 aromatic heterocycles. The summed E-state index contributed by atoms with van der Waals surface area (Å²) in [5, 5.41) is 7.98. The van der Waals surface area contributed by atoms with E-state index in [1.165, 1.54) is 18.4 Å². The molecule has 3 heterocycles. The monoisotopic (exact) mass is 493 g/mol. The van der Waals surface area contributed by atoms with Crippen LogP contribution in [0.3, 0.4) is 0 Å². The normalized spacial score (nSPS) is 18.5. The maximum Gasteiger partial charge on any atom is 0.423 e. The molecule has 1 saturated carbocycles. The van der Waals surface area contributed by atoms with Crippen LogP contribution in [0.5, 0.6) is 0 Å². The summed E-state index contributed by atoms with van der Waals surface area (Å²) in [6, 6.07) is -0.520. The zero-order valence-corrected chi connectivity index (χ0v) is 19.7. The first kappa shape index (κ1) is 25.1. The van der Waals surface area contributed by atoms with Crippen molar-refractivity contribution >= 4 is 11.6 Å². The van der Waals surface area contributed by atoms with E-state index in [9.17, 15) is 18.0 Å². The Balaban J connectivity index is 1.36. The third kappa shape index (κ3) is 5.99. The predicted octanol–water partition coefficient (Wildman–Crippen LogP) is 2.83. The molecule has 12 heteroatoms. The van der Waals surface area contributed by atoms with Gasteiger partial charge in [0.2, 0.25) is 5.95 Å². The van der Waals surface area contributed by atoms with Gasteiger partial charge in [-0.3, -0.25) is 4.79 Å². The van der Waals surface area contributed by atoms with E-state index >= 15 is 0 Å². The number of rotatable bonds is 9. The number of hydrogen-bond acceptors (Lipinski definition) is 8. The predicted molar refractivity (Wildman–Crippen MR) is 125 cm³/mol. The van der Waals surface area contributed by atoms with Gasteiger partial charge in [0, 0.05) is 38.1 Å². The molecule has 4 N–H and O–H groups in total. The number of alkyl halides is 3. The standard InChI is InChI=1S/C23H30F3N7O2/c1-13-11-33(22-28-8-16(9-29-22)15-3-4-15)6-5-17(13)19(7-27)35-12-14(2)31-18-10-30-32-21(34)20(18)23(24,25)26/h8-10,14-15,19H,3-7,11-12,27H2,1-2H3,(H2,31,32,34). The Morgan fingerprint density at radius 3 is 2.60 bits per heavy atom. The van der Waals surface area contributed by atoms with Crippen molar-refractivity contribution in [3.8, 4) is 0 Å². The molecule has 4 rings (SSSR count). The Labute approximate surface area is 201 Å². The van der Waals surface area contributed by atoms with Crippen molar-refractivity contribution < 1.29 is 17.9 Å². The quantitative estimate of drug-likeness (QED) is 0.456. The number of hydrogen-bond donors (Lipinski definition) is 3. The number of H-pyrrole nitrogens is 1. The van der Waals surface area contributed by atoms with Gasteiger partial charge >= 0.3 is 6.18 Å². The second-order valence-corrected chi connectivity index (χ2v) is 9.16. The smallest absolute Gasteiger partial charge is 0.378 e. The molecule has 9 nitrogen and oxygen atoms in total. The zero-order chi connectivity index (χ0) is 25.2. The van der Waals surface area contributed by atoms with Crippen LogP contribution in [-0.2, 0) is 10.9 Å². The Morgan fingerprint density at radius 2 is 2.00 bits per heavy atom. The summed E-state index contributed by atoms with van der Waals surface area (Å²) in [4.78, 5) is 22.8. The molecule has 0 radical (unpaired) electrons. The summed E-state index contributed by atoms with van der Waals surface area (Å²) in [7, 11) is 0. The number of aromatic nitrogens is 4. The zero-order valence-electron chi connectivity index (χ0n) is 19.7. The summed E-state index contributed by atoms with van der Waals surface area (Å²) in [5.74, 6) is 1.31. The van der Waals surface area contributed by atoms with Crippen LogP contribution < -0.4 is 21.5 Å². The van der Waals surface area contributed by atoms with Gasteiger partial charge in [-0.2, -0.15) is 18.3 Å². The van der Waals surface area contributed by atoms with E-state index in [0.717, 1.165) is 30.3 Å². The van der Waals surface area contributed by atoms with Crippen molar-refractivity contribution in [3.05, 3.63) is 51.2 Å². The third-order valence-electron chi connectivity index (χ3n) is 6.31. The van der Waals surface area contributed by atoms with Crippen LogP contribution in [-0.4, -0.2) is 58.6 Å². The van der Waals surface area contributed by atoms with Crippen molar-refractivity contribution in [3.63, 3.8) is 0 Å². The molecule has 1 aliphatic heterocycles. The van der Waals surface area contributed by atoms with Crippen molar-refractivity contribution in [2.45, 2.75) is 57.3 Å². The van der Waals surface area contributed by atoms with Crippen LogP contribution in [0, 0.1) is 0 Å². The minimum atomic E-state index is -4.81. The number of nitrogens with zero attached hydrogens (tertiary/aromatic N) is 4. The number of halogens is 3. The molecule has 0 amide bonds. The molecule has 2 unspecified atom stereocenters. The van der Waals surface area contributed by atoms with Gasteiger partial charge in [-0.25, -0.2) is 15.1 Å². The average molecular weight is 494 g/mol. The SMILES string of the molecule is CC1=C(C(CN)OCC(C)Nc2cn[nH]c(=O)c2C(F)(F)F)CCN(c2ncc(C3CC3)cn2)C1. The Bertz CT molecular complexity index is 1110. The lowest BCUT2D eigenvalue weighted by Gasteiger charge is -2.33. The summed E-state index contributed by atoms with van der Waals surface area (Å²) in [6.07, 6.45) is 2.73. The van der Waals surface area contributed by atoms with E-state index in [1.54, 1.807) is 6.92 Å². The first-order chi connectivity index (χ1) is 16.7. The molecule has 2 atom stereocenters. The number of nitrogens with one attached hydrogen (secondary N) is 2. The average Bonchev–Trinajstić information content (AvgIpc) is 3.65. The fourth-order valence-electron chi connectivity index (χ4n) is 4.33. The van der Waals surface area contributed by atoms with Gasteiger partial charge < -0.3 is 20.7 Å². The molecule has 2 aromatic rings. The minimum absolute atomic E-state index is 0.0954. The molecular formula is C23H30F3N7O2. The summed E-state index contributed by atoms with van der Waals surface area (Å²) >= 11 is 0. The number of aromatic amines is 1. The highest BCUT2D eigenvalue weighted by atomic mass is 19.4. The molecule has 1 fully saturated rings. The highest BCUT2D eigenvalue weighted by molar-refractivity contribution is 5.50. The van der Waals surface area contributed by atoms with Crippen LogP contribution in [0.4, 0.5) is 24.8 Å². The van der Waals surface area contributed by atoms with Gasteiger partial charge in [-0.1, -0.05) is 5.57 Å². The van der Waals surface area contributed by atoms with Crippen LogP contribution in [0.15, 0.2) is 34.5 Å². The second kappa shape index (κ2) is 10.3. The number of ether oxygens (including phenoxy) is 1. The largest absolute Gasteiger partial charge is 0.423 e. The molecular weight excluding hydrogens is 463 g/mol. The van der Waals surface area contributed by atoms with Crippen LogP contribution in [0.1, 0.15) is 50.2 Å². The van der Waals surface area contributed by atoms with Crippen molar-refractivity contribution in [2.75, 3.05) is 36.5 Å². The summed E-state index contributed by atoms with van der Waals surface area (Å²) < 4.78 is 45.8.